The fourth-order valence-corrected chi connectivity index (χ4v) is 4.51. The SMILES string of the molecule is CCN(CC)S(=O)(=O)c1cc(C(=O)Nc2cc(Cl)ccc2OC)ccc1OC. The highest BCUT2D eigenvalue weighted by Gasteiger charge is 2.27. The van der Waals surface area contributed by atoms with Crippen molar-refractivity contribution in [3.8, 4) is 11.5 Å². The van der Waals surface area contributed by atoms with Gasteiger partial charge in [0.05, 0.1) is 19.9 Å². The Morgan fingerprint density at radius 1 is 1.04 bits per heavy atom. The maximum Gasteiger partial charge on any atom is 0.255 e. The van der Waals surface area contributed by atoms with E-state index in [2.05, 4.69) is 5.32 Å². The summed E-state index contributed by atoms with van der Waals surface area (Å²) in [5.74, 6) is 0.102. The average molecular weight is 427 g/mol. The van der Waals surface area contributed by atoms with E-state index in [0.717, 1.165) is 0 Å². The lowest BCUT2D eigenvalue weighted by atomic mass is 10.2. The van der Waals surface area contributed by atoms with E-state index < -0.39 is 15.9 Å². The number of amides is 1. The van der Waals surface area contributed by atoms with Crippen LogP contribution in [0.4, 0.5) is 5.69 Å². The van der Waals surface area contributed by atoms with Crippen molar-refractivity contribution < 1.29 is 22.7 Å². The number of methoxy groups -OCH3 is 2. The number of halogens is 1. The summed E-state index contributed by atoms with van der Waals surface area (Å²) in [6.45, 7) is 4.10. The van der Waals surface area contributed by atoms with Crippen LogP contribution in [0.5, 0.6) is 11.5 Å². The van der Waals surface area contributed by atoms with Gasteiger partial charge in [0.1, 0.15) is 16.4 Å². The van der Waals surface area contributed by atoms with E-state index in [-0.39, 0.29) is 16.2 Å². The van der Waals surface area contributed by atoms with Gasteiger partial charge in [0.25, 0.3) is 5.91 Å². The molecule has 0 bridgehead atoms. The highest BCUT2D eigenvalue weighted by Crippen LogP contribution is 2.30. The van der Waals surface area contributed by atoms with Gasteiger partial charge in [-0.2, -0.15) is 4.31 Å². The molecule has 0 radical (unpaired) electrons. The van der Waals surface area contributed by atoms with Crippen LogP contribution < -0.4 is 14.8 Å². The molecule has 1 amide bonds. The van der Waals surface area contributed by atoms with Crippen LogP contribution in [-0.4, -0.2) is 45.9 Å². The Hall–Kier alpha value is -2.29. The number of sulfonamides is 1. The summed E-state index contributed by atoms with van der Waals surface area (Å²) in [4.78, 5) is 12.7. The molecule has 0 spiro atoms. The van der Waals surface area contributed by atoms with Crippen molar-refractivity contribution in [3.63, 3.8) is 0 Å². The Morgan fingerprint density at radius 3 is 2.21 bits per heavy atom. The highest BCUT2D eigenvalue weighted by atomic mass is 35.5. The van der Waals surface area contributed by atoms with Gasteiger partial charge in [-0.1, -0.05) is 25.4 Å². The number of carbonyl (C=O) groups is 1. The molecule has 28 heavy (non-hydrogen) atoms. The van der Waals surface area contributed by atoms with Crippen molar-refractivity contribution in [2.45, 2.75) is 18.7 Å². The fraction of sp³-hybridized carbons (Fsp3) is 0.316. The monoisotopic (exact) mass is 426 g/mol. The minimum Gasteiger partial charge on any atom is -0.495 e. The van der Waals surface area contributed by atoms with Crippen LogP contribution in [0.25, 0.3) is 0 Å². The molecule has 152 valence electrons. The Morgan fingerprint density at radius 2 is 1.64 bits per heavy atom. The van der Waals surface area contributed by atoms with E-state index in [1.807, 2.05) is 0 Å². The quantitative estimate of drug-likeness (QED) is 0.696. The minimum atomic E-state index is -3.81. The van der Waals surface area contributed by atoms with Crippen LogP contribution in [0, 0.1) is 0 Å². The molecule has 0 saturated heterocycles. The van der Waals surface area contributed by atoms with Crippen molar-refractivity contribution in [2.75, 3.05) is 32.6 Å². The summed E-state index contributed by atoms with van der Waals surface area (Å²) >= 11 is 5.99. The zero-order chi connectivity index (χ0) is 20.9. The van der Waals surface area contributed by atoms with E-state index in [1.165, 1.54) is 36.7 Å². The molecule has 1 N–H and O–H groups in total. The summed E-state index contributed by atoms with van der Waals surface area (Å²) in [5.41, 5.74) is 0.539. The van der Waals surface area contributed by atoms with Gasteiger partial charge < -0.3 is 14.8 Å². The van der Waals surface area contributed by atoms with Crippen LogP contribution in [-0.2, 0) is 10.0 Å². The predicted molar refractivity (Wildman–Crippen MR) is 109 cm³/mol. The molecular formula is C19H23ClN2O5S. The smallest absolute Gasteiger partial charge is 0.255 e. The van der Waals surface area contributed by atoms with Gasteiger partial charge in [-0.25, -0.2) is 8.42 Å². The molecule has 0 aromatic heterocycles. The Balaban J connectivity index is 2.45. The maximum absolute atomic E-state index is 12.9. The third kappa shape index (κ3) is 4.57. The van der Waals surface area contributed by atoms with Crippen molar-refractivity contribution in [1.82, 2.24) is 4.31 Å². The first-order chi connectivity index (χ1) is 13.3. The van der Waals surface area contributed by atoms with Gasteiger partial charge in [0.15, 0.2) is 0 Å². The number of nitrogens with zero attached hydrogens (tertiary/aromatic N) is 1. The first-order valence-corrected chi connectivity index (χ1v) is 10.4. The Labute approximate surface area is 170 Å². The summed E-state index contributed by atoms with van der Waals surface area (Å²) < 4.78 is 37.6. The second-order valence-electron chi connectivity index (χ2n) is 5.75. The van der Waals surface area contributed by atoms with Crippen molar-refractivity contribution in [1.29, 1.82) is 0 Å². The molecule has 2 aromatic carbocycles. The normalized spacial score (nSPS) is 11.4. The molecule has 9 heteroatoms. The van der Waals surface area contributed by atoms with Gasteiger partial charge in [0.2, 0.25) is 10.0 Å². The van der Waals surface area contributed by atoms with Crippen molar-refractivity contribution in [3.05, 3.63) is 47.0 Å². The van der Waals surface area contributed by atoms with Gasteiger partial charge >= 0.3 is 0 Å². The molecule has 0 heterocycles. The number of hydrogen-bond acceptors (Lipinski definition) is 5. The zero-order valence-corrected chi connectivity index (χ0v) is 17.7. The molecule has 2 aromatic rings. The summed E-state index contributed by atoms with van der Waals surface area (Å²) in [5, 5.41) is 3.12. The molecule has 0 aliphatic heterocycles. The average Bonchev–Trinajstić information content (AvgIpc) is 2.68. The molecule has 2 rings (SSSR count). The second-order valence-corrected chi connectivity index (χ2v) is 8.10. The standard InChI is InChI=1S/C19H23ClN2O5S/c1-5-22(6-2)28(24,25)18-11-13(7-9-17(18)27-4)19(23)21-15-12-14(20)8-10-16(15)26-3/h7-12H,5-6H2,1-4H3,(H,21,23). The summed E-state index contributed by atoms with van der Waals surface area (Å²) in [6, 6.07) is 9.07. The number of anilines is 1. The molecule has 0 fully saturated rings. The lowest BCUT2D eigenvalue weighted by Gasteiger charge is -2.20. The molecule has 0 aliphatic carbocycles. The zero-order valence-electron chi connectivity index (χ0n) is 16.2. The maximum atomic E-state index is 12.9. The summed E-state index contributed by atoms with van der Waals surface area (Å²) in [6.07, 6.45) is 0. The lowest BCUT2D eigenvalue weighted by molar-refractivity contribution is 0.102. The largest absolute Gasteiger partial charge is 0.495 e. The second kappa shape index (κ2) is 9.27. The first-order valence-electron chi connectivity index (χ1n) is 8.61. The summed E-state index contributed by atoms with van der Waals surface area (Å²) in [7, 11) is -0.954. The van der Waals surface area contributed by atoms with E-state index in [0.29, 0.717) is 29.5 Å². The van der Waals surface area contributed by atoms with E-state index in [9.17, 15) is 13.2 Å². The van der Waals surface area contributed by atoms with E-state index in [1.54, 1.807) is 32.0 Å². The Kier molecular flexibility index (Phi) is 7.29. The lowest BCUT2D eigenvalue weighted by Crippen LogP contribution is -2.31. The van der Waals surface area contributed by atoms with Crippen LogP contribution in [0.1, 0.15) is 24.2 Å². The number of carbonyl (C=O) groups excluding carboxylic acids is 1. The topological polar surface area (TPSA) is 84.9 Å². The number of ether oxygens (including phenoxy) is 2. The molecule has 0 atom stereocenters. The highest BCUT2D eigenvalue weighted by molar-refractivity contribution is 7.89. The third-order valence-corrected chi connectivity index (χ3v) is 6.46. The third-order valence-electron chi connectivity index (χ3n) is 4.16. The number of nitrogens with one attached hydrogen (secondary N) is 1. The molecule has 0 aliphatic rings. The van der Waals surface area contributed by atoms with Crippen molar-refractivity contribution >= 4 is 33.2 Å². The minimum absolute atomic E-state index is 0.0654. The molecule has 0 saturated carbocycles. The van der Waals surface area contributed by atoms with Crippen LogP contribution in [0.2, 0.25) is 5.02 Å². The number of benzene rings is 2. The van der Waals surface area contributed by atoms with E-state index >= 15 is 0 Å². The van der Waals surface area contributed by atoms with Crippen LogP contribution in [0.15, 0.2) is 41.3 Å². The molecule has 0 unspecified atom stereocenters. The molecular weight excluding hydrogens is 404 g/mol. The number of rotatable bonds is 8. The van der Waals surface area contributed by atoms with Gasteiger partial charge in [0, 0.05) is 23.7 Å². The van der Waals surface area contributed by atoms with Gasteiger partial charge in [-0.05, 0) is 36.4 Å². The predicted octanol–water partition coefficient (Wildman–Crippen LogP) is 3.64. The first kappa shape index (κ1) is 22.0. The fourth-order valence-electron chi connectivity index (χ4n) is 2.69. The van der Waals surface area contributed by atoms with Crippen LogP contribution in [0.3, 0.4) is 0 Å². The van der Waals surface area contributed by atoms with Gasteiger partial charge in [-0.3, -0.25) is 4.79 Å². The number of hydrogen-bond donors (Lipinski definition) is 1. The van der Waals surface area contributed by atoms with Crippen molar-refractivity contribution in [2.24, 2.45) is 0 Å². The van der Waals surface area contributed by atoms with E-state index in [4.69, 9.17) is 21.1 Å². The Bertz CT molecular complexity index is 959. The van der Waals surface area contributed by atoms with Crippen LogP contribution >= 0.6 is 11.6 Å². The molecule has 7 nitrogen and oxygen atoms in total. The van der Waals surface area contributed by atoms with Gasteiger partial charge in [-0.15, -0.1) is 0 Å².